The number of H-pyrrole nitrogens is 1. The van der Waals surface area contributed by atoms with E-state index >= 15 is 0 Å². The summed E-state index contributed by atoms with van der Waals surface area (Å²) in [7, 11) is 1.60. The number of hydrogen-bond acceptors (Lipinski definition) is 7. The van der Waals surface area contributed by atoms with Gasteiger partial charge in [-0.25, -0.2) is 0 Å². The molecule has 3 heterocycles. The number of aromatic amines is 1. The predicted octanol–water partition coefficient (Wildman–Crippen LogP) is 4.45. The quantitative estimate of drug-likeness (QED) is 0.513. The summed E-state index contributed by atoms with van der Waals surface area (Å²) in [6.45, 7) is 0.721. The van der Waals surface area contributed by atoms with Gasteiger partial charge in [-0.3, -0.25) is 4.79 Å². The summed E-state index contributed by atoms with van der Waals surface area (Å²) in [5.41, 5.74) is 2.63. The van der Waals surface area contributed by atoms with Crippen LogP contribution in [-0.2, 0) is 4.79 Å². The number of nitrogens with zero attached hydrogens (tertiary/aromatic N) is 4. The Hall–Kier alpha value is -3.80. The summed E-state index contributed by atoms with van der Waals surface area (Å²) in [6, 6.07) is 8.19. The number of anilines is 4. The van der Waals surface area contributed by atoms with Crippen molar-refractivity contribution in [1.82, 2.24) is 15.0 Å². The van der Waals surface area contributed by atoms with E-state index in [1.807, 2.05) is 18.2 Å². The highest BCUT2D eigenvalue weighted by Crippen LogP contribution is 2.34. The molecule has 1 aliphatic heterocycles. The Morgan fingerprint density at radius 3 is 2.79 bits per heavy atom. The maximum Gasteiger partial charge on any atom is 0.231 e. The van der Waals surface area contributed by atoms with Gasteiger partial charge in [0.1, 0.15) is 23.3 Å². The van der Waals surface area contributed by atoms with Gasteiger partial charge in [-0.05, 0) is 31.4 Å². The van der Waals surface area contributed by atoms with Crippen LogP contribution in [0.15, 0.2) is 24.4 Å². The standard InChI is InChI=1S/C24H27N7O2/c1-33-19-12-17(31-11-5-8-20(31)32)9-10-18(19)28-24-29-22-21(15(13-25)14-26-22)23(30-24)27-16-6-3-2-4-7-16/h9-10,12,14,16H,2-8,11H2,1H3,(H3,26,27,28,29,30). The van der Waals surface area contributed by atoms with Crippen molar-refractivity contribution in [2.75, 3.05) is 29.2 Å². The number of nitriles is 1. The predicted molar refractivity (Wildman–Crippen MR) is 127 cm³/mol. The Morgan fingerprint density at radius 1 is 1.21 bits per heavy atom. The molecule has 0 radical (unpaired) electrons. The molecule has 2 aromatic heterocycles. The number of benzene rings is 1. The Balaban J connectivity index is 1.47. The van der Waals surface area contributed by atoms with Crippen molar-refractivity contribution >= 4 is 40.1 Å². The summed E-state index contributed by atoms with van der Waals surface area (Å²) < 4.78 is 5.59. The number of aromatic nitrogens is 3. The highest BCUT2D eigenvalue weighted by Gasteiger charge is 2.23. The fourth-order valence-corrected chi connectivity index (χ4v) is 4.71. The highest BCUT2D eigenvalue weighted by molar-refractivity contribution is 5.96. The van der Waals surface area contributed by atoms with E-state index in [1.165, 1.54) is 19.3 Å². The third kappa shape index (κ3) is 4.16. The van der Waals surface area contributed by atoms with E-state index in [1.54, 1.807) is 18.2 Å². The molecule has 0 spiro atoms. The number of nitrogens with one attached hydrogen (secondary N) is 3. The van der Waals surface area contributed by atoms with Crippen molar-refractivity contribution in [2.24, 2.45) is 0 Å². The number of fused-ring (bicyclic) bond motifs is 1. The van der Waals surface area contributed by atoms with E-state index in [9.17, 15) is 10.1 Å². The lowest BCUT2D eigenvalue weighted by Gasteiger charge is -2.24. The van der Waals surface area contributed by atoms with Gasteiger partial charge in [-0.15, -0.1) is 0 Å². The van der Waals surface area contributed by atoms with E-state index in [0.717, 1.165) is 31.5 Å². The molecule has 0 atom stereocenters. The number of hydrogen-bond donors (Lipinski definition) is 3. The van der Waals surface area contributed by atoms with Crippen LogP contribution < -0.4 is 20.3 Å². The topological polar surface area (TPSA) is 119 Å². The van der Waals surface area contributed by atoms with E-state index < -0.39 is 0 Å². The first-order valence-electron chi connectivity index (χ1n) is 11.5. The lowest BCUT2D eigenvalue weighted by atomic mass is 9.95. The monoisotopic (exact) mass is 445 g/mol. The fraction of sp³-hybridized carbons (Fsp3) is 0.417. The molecule has 0 bridgehead atoms. The third-order valence-corrected chi connectivity index (χ3v) is 6.41. The number of ether oxygens (including phenoxy) is 1. The van der Waals surface area contributed by atoms with Crippen molar-refractivity contribution in [3.63, 3.8) is 0 Å². The molecule has 9 nitrogen and oxygen atoms in total. The molecule has 3 aromatic rings. The van der Waals surface area contributed by atoms with Crippen LogP contribution in [0.5, 0.6) is 5.75 Å². The molecule has 9 heteroatoms. The lowest BCUT2D eigenvalue weighted by Crippen LogP contribution is -2.23. The largest absolute Gasteiger partial charge is 0.494 e. The van der Waals surface area contributed by atoms with Crippen LogP contribution >= 0.6 is 0 Å². The van der Waals surface area contributed by atoms with Crippen LogP contribution in [0.3, 0.4) is 0 Å². The first kappa shape index (κ1) is 21.1. The van der Waals surface area contributed by atoms with Gasteiger partial charge < -0.3 is 25.3 Å². The number of carbonyl (C=O) groups excluding carboxylic acids is 1. The molecule has 2 aliphatic rings. The molecular formula is C24H27N7O2. The number of methoxy groups -OCH3 is 1. The average Bonchev–Trinajstić information content (AvgIpc) is 3.46. The van der Waals surface area contributed by atoms with Crippen LogP contribution in [-0.4, -0.2) is 40.6 Å². The van der Waals surface area contributed by atoms with Gasteiger partial charge in [0.05, 0.1) is 23.7 Å². The minimum absolute atomic E-state index is 0.130. The summed E-state index contributed by atoms with van der Waals surface area (Å²) in [4.78, 5) is 26.3. The van der Waals surface area contributed by atoms with Crippen molar-refractivity contribution in [3.05, 3.63) is 30.0 Å². The second kappa shape index (κ2) is 8.98. The summed E-state index contributed by atoms with van der Waals surface area (Å²) >= 11 is 0. The Morgan fingerprint density at radius 2 is 2.06 bits per heavy atom. The molecule has 3 N–H and O–H groups in total. The van der Waals surface area contributed by atoms with Crippen LogP contribution in [0.1, 0.15) is 50.5 Å². The van der Waals surface area contributed by atoms with Crippen LogP contribution in [0.2, 0.25) is 0 Å². The molecule has 1 aliphatic carbocycles. The van der Waals surface area contributed by atoms with Gasteiger partial charge in [0.25, 0.3) is 0 Å². The van der Waals surface area contributed by atoms with E-state index in [0.29, 0.717) is 52.3 Å². The van der Waals surface area contributed by atoms with E-state index in [4.69, 9.17) is 9.72 Å². The minimum atomic E-state index is 0.130. The van der Waals surface area contributed by atoms with Crippen molar-refractivity contribution in [3.8, 4) is 11.8 Å². The van der Waals surface area contributed by atoms with Crippen molar-refractivity contribution < 1.29 is 9.53 Å². The van der Waals surface area contributed by atoms with Crippen LogP contribution in [0, 0.1) is 11.3 Å². The second-order valence-corrected chi connectivity index (χ2v) is 8.57. The Bertz CT molecular complexity index is 1220. The van der Waals surface area contributed by atoms with Gasteiger partial charge in [0, 0.05) is 37.0 Å². The van der Waals surface area contributed by atoms with E-state index in [-0.39, 0.29) is 5.91 Å². The third-order valence-electron chi connectivity index (χ3n) is 6.41. The molecular weight excluding hydrogens is 418 g/mol. The molecule has 1 saturated carbocycles. The molecule has 0 unspecified atom stereocenters. The minimum Gasteiger partial charge on any atom is -0.494 e. The molecule has 1 saturated heterocycles. The molecule has 33 heavy (non-hydrogen) atoms. The van der Waals surface area contributed by atoms with Crippen LogP contribution in [0.4, 0.5) is 23.1 Å². The zero-order valence-electron chi connectivity index (χ0n) is 18.6. The summed E-state index contributed by atoms with van der Waals surface area (Å²) in [5, 5.41) is 17.1. The van der Waals surface area contributed by atoms with Gasteiger partial charge in [0.2, 0.25) is 11.9 Å². The first-order valence-corrected chi connectivity index (χ1v) is 11.5. The molecule has 1 amide bonds. The molecule has 5 rings (SSSR count). The normalized spacial score (nSPS) is 16.7. The number of carbonyl (C=O) groups is 1. The Labute approximate surface area is 192 Å². The second-order valence-electron chi connectivity index (χ2n) is 8.57. The summed E-state index contributed by atoms with van der Waals surface area (Å²) in [6.07, 6.45) is 8.93. The smallest absolute Gasteiger partial charge is 0.231 e. The molecule has 2 fully saturated rings. The fourth-order valence-electron chi connectivity index (χ4n) is 4.71. The van der Waals surface area contributed by atoms with Crippen LogP contribution in [0.25, 0.3) is 11.0 Å². The maximum atomic E-state index is 12.1. The Kier molecular flexibility index (Phi) is 5.73. The average molecular weight is 446 g/mol. The highest BCUT2D eigenvalue weighted by atomic mass is 16.5. The number of rotatable bonds is 6. The molecule has 1 aromatic carbocycles. The van der Waals surface area contributed by atoms with Gasteiger partial charge >= 0.3 is 0 Å². The summed E-state index contributed by atoms with van der Waals surface area (Å²) in [5.74, 6) is 1.79. The van der Waals surface area contributed by atoms with E-state index in [2.05, 4.69) is 26.7 Å². The maximum absolute atomic E-state index is 12.1. The lowest BCUT2D eigenvalue weighted by molar-refractivity contribution is -0.117. The van der Waals surface area contributed by atoms with Gasteiger partial charge in [-0.1, -0.05) is 19.3 Å². The van der Waals surface area contributed by atoms with Gasteiger partial charge in [0.15, 0.2) is 0 Å². The first-order chi connectivity index (χ1) is 16.2. The van der Waals surface area contributed by atoms with Gasteiger partial charge in [-0.2, -0.15) is 15.2 Å². The zero-order chi connectivity index (χ0) is 22.8. The zero-order valence-corrected chi connectivity index (χ0v) is 18.6. The molecule has 170 valence electrons. The van der Waals surface area contributed by atoms with Crippen molar-refractivity contribution in [1.29, 1.82) is 5.26 Å². The number of amides is 1. The van der Waals surface area contributed by atoms with Crippen molar-refractivity contribution in [2.45, 2.75) is 51.0 Å². The SMILES string of the molecule is COc1cc(N2CCCC2=O)ccc1Nc1nc(NC2CCCCC2)c2c(C#N)c[nH]c2n1.